The molecule has 0 spiro atoms. The van der Waals surface area contributed by atoms with Gasteiger partial charge < -0.3 is 15.9 Å². The zero-order valence-electron chi connectivity index (χ0n) is 16.3. The van der Waals surface area contributed by atoms with Gasteiger partial charge in [0.15, 0.2) is 0 Å². The second-order valence-corrected chi connectivity index (χ2v) is 7.37. The molecule has 0 fully saturated rings. The zero-order valence-corrected chi connectivity index (χ0v) is 16.3. The van der Waals surface area contributed by atoms with Gasteiger partial charge in [0.2, 0.25) is 0 Å². The van der Waals surface area contributed by atoms with Gasteiger partial charge in [-0.3, -0.25) is 4.98 Å². The molecule has 3 aromatic rings. The first kappa shape index (κ1) is 18.5. The molecule has 1 aliphatic heterocycles. The van der Waals surface area contributed by atoms with Crippen molar-refractivity contribution < 1.29 is 4.74 Å². The Kier molecular flexibility index (Phi) is 5.28. The number of pyridine rings is 1. The predicted molar refractivity (Wildman–Crippen MR) is 113 cm³/mol. The molecule has 0 saturated heterocycles. The van der Waals surface area contributed by atoms with Crippen LogP contribution in [0.1, 0.15) is 24.1 Å². The molecule has 2 unspecified atom stereocenters. The number of nitrogens with two attached hydrogens (primary N) is 1. The number of hydrogen-bond acceptors (Lipinski definition) is 5. The van der Waals surface area contributed by atoms with Gasteiger partial charge in [-0.2, -0.15) is 0 Å². The molecule has 0 saturated carbocycles. The second kappa shape index (κ2) is 8.00. The van der Waals surface area contributed by atoms with Crippen LogP contribution < -0.4 is 15.9 Å². The third-order valence-corrected chi connectivity index (χ3v) is 5.23. The minimum atomic E-state index is -0.0616. The molecule has 28 heavy (non-hydrogen) atoms. The Labute approximate surface area is 166 Å². The van der Waals surface area contributed by atoms with Crippen LogP contribution in [0.2, 0.25) is 0 Å². The number of nitrogens with zero attached hydrogens (tertiary/aromatic N) is 2. The Morgan fingerprint density at radius 3 is 2.75 bits per heavy atom. The fourth-order valence-electron chi connectivity index (χ4n) is 3.52. The number of rotatable bonds is 6. The van der Waals surface area contributed by atoms with Crippen molar-refractivity contribution >= 4 is 5.69 Å². The molecule has 4 rings (SSSR count). The number of aromatic nitrogens is 1. The van der Waals surface area contributed by atoms with Crippen LogP contribution in [0.15, 0.2) is 67.0 Å². The van der Waals surface area contributed by atoms with E-state index in [1.54, 1.807) is 6.20 Å². The molecule has 5 nitrogen and oxygen atoms in total. The summed E-state index contributed by atoms with van der Waals surface area (Å²) in [6, 6.07) is 19.0. The molecule has 2 heterocycles. The average molecular weight is 374 g/mol. The summed E-state index contributed by atoms with van der Waals surface area (Å²) < 4.78 is 5.92. The Balaban J connectivity index is 1.44. The molecule has 2 aromatic carbocycles. The van der Waals surface area contributed by atoms with E-state index in [4.69, 9.17) is 10.5 Å². The maximum atomic E-state index is 6.24. The first-order valence-electron chi connectivity index (χ1n) is 9.61. The van der Waals surface area contributed by atoms with E-state index < -0.39 is 0 Å². The van der Waals surface area contributed by atoms with Gasteiger partial charge in [-0.15, -0.1) is 0 Å². The van der Waals surface area contributed by atoms with Gasteiger partial charge in [0.1, 0.15) is 12.4 Å². The van der Waals surface area contributed by atoms with E-state index in [-0.39, 0.29) is 6.04 Å². The van der Waals surface area contributed by atoms with E-state index >= 15 is 0 Å². The van der Waals surface area contributed by atoms with E-state index in [1.807, 2.05) is 30.5 Å². The summed E-state index contributed by atoms with van der Waals surface area (Å²) >= 11 is 0. The second-order valence-electron chi connectivity index (χ2n) is 7.37. The Hall–Kier alpha value is -2.89. The Bertz CT molecular complexity index is 944. The van der Waals surface area contributed by atoms with Gasteiger partial charge in [0, 0.05) is 24.8 Å². The topological polar surface area (TPSA) is 63.4 Å². The highest BCUT2D eigenvalue weighted by Crippen LogP contribution is 2.36. The maximum Gasteiger partial charge on any atom is 0.138 e. The summed E-state index contributed by atoms with van der Waals surface area (Å²) in [5.41, 5.74) is 15.4. The molecule has 5 heteroatoms. The lowest BCUT2D eigenvalue weighted by Crippen LogP contribution is -2.30. The molecule has 0 aliphatic carbocycles. The van der Waals surface area contributed by atoms with Gasteiger partial charge in [-0.05, 0) is 48.2 Å². The van der Waals surface area contributed by atoms with Crippen molar-refractivity contribution in [3.63, 3.8) is 0 Å². The van der Waals surface area contributed by atoms with Crippen LogP contribution >= 0.6 is 0 Å². The van der Waals surface area contributed by atoms with Crippen molar-refractivity contribution in [1.29, 1.82) is 0 Å². The molecule has 1 aliphatic rings. The number of hydrogen-bond donors (Lipinski definition) is 2. The van der Waals surface area contributed by atoms with Gasteiger partial charge in [0.05, 0.1) is 17.9 Å². The van der Waals surface area contributed by atoms with Crippen LogP contribution in [-0.2, 0) is 6.42 Å². The van der Waals surface area contributed by atoms with Gasteiger partial charge in [0.25, 0.3) is 0 Å². The standard InChI is InChI=1S/C23H26N4O/c1-16-22-12-18(8-9-23(22)26-27(16)2)19-11-21(14-25-13-19)28-15-20(24)10-17-6-4-3-5-7-17/h3-9,11-14,16,20,26H,10,15,24H2,1-2H3. The lowest BCUT2D eigenvalue weighted by Gasteiger charge is -2.14. The van der Waals surface area contributed by atoms with Gasteiger partial charge >= 0.3 is 0 Å². The number of hydrazine groups is 1. The van der Waals surface area contributed by atoms with Crippen LogP contribution in [0.5, 0.6) is 5.75 Å². The summed E-state index contributed by atoms with van der Waals surface area (Å²) in [4.78, 5) is 4.36. The Morgan fingerprint density at radius 1 is 1.11 bits per heavy atom. The minimum absolute atomic E-state index is 0.0616. The van der Waals surface area contributed by atoms with Crippen molar-refractivity contribution in [2.45, 2.75) is 25.4 Å². The summed E-state index contributed by atoms with van der Waals surface area (Å²) in [6.45, 7) is 2.64. The minimum Gasteiger partial charge on any atom is -0.490 e. The fourth-order valence-corrected chi connectivity index (χ4v) is 3.52. The number of benzene rings is 2. The molecule has 0 bridgehead atoms. The lowest BCUT2D eigenvalue weighted by molar-refractivity contribution is 0.286. The van der Waals surface area contributed by atoms with Crippen molar-refractivity contribution in [2.75, 3.05) is 19.1 Å². The zero-order chi connectivity index (χ0) is 19.5. The molecule has 144 valence electrons. The fraction of sp³-hybridized carbons (Fsp3) is 0.261. The number of nitrogens with one attached hydrogen (secondary N) is 1. The molecular weight excluding hydrogens is 348 g/mol. The summed E-state index contributed by atoms with van der Waals surface area (Å²) in [5.74, 6) is 0.741. The molecule has 3 N–H and O–H groups in total. The van der Waals surface area contributed by atoms with E-state index in [0.717, 1.165) is 29.0 Å². The Morgan fingerprint density at radius 2 is 1.93 bits per heavy atom. The molecule has 2 atom stereocenters. The third-order valence-electron chi connectivity index (χ3n) is 5.23. The normalized spacial score (nSPS) is 17.0. The third kappa shape index (κ3) is 4.01. The van der Waals surface area contributed by atoms with Gasteiger partial charge in [-0.25, -0.2) is 5.01 Å². The summed E-state index contributed by atoms with van der Waals surface area (Å²) in [5, 5.41) is 2.11. The number of ether oxygens (including phenoxy) is 1. The van der Waals surface area contributed by atoms with Crippen molar-refractivity contribution in [1.82, 2.24) is 9.99 Å². The molecule has 1 aromatic heterocycles. The van der Waals surface area contributed by atoms with E-state index in [9.17, 15) is 0 Å². The first-order valence-corrected chi connectivity index (χ1v) is 9.61. The van der Waals surface area contributed by atoms with E-state index in [1.165, 1.54) is 11.1 Å². The molecule has 0 radical (unpaired) electrons. The van der Waals surface area contributed by atoms with Crippen molar-refractivity contribution in [3.8, 4) is 16.9 Å². The van der Waals surface area contributed by atoms with Crippen molar-refractivity contribution in [3.05, 3.63) is 78.1 Å². The smallest absolute Gasteiger partial charge is 0.138 e. The summed E-state index contributed by atoms with van der Waals surface area (Å²) in [6.07, 6.45) is 4.40. The van der Waals surface area contributed by atoms with Gasteiger partial charge in [-0.1, -0.05) is 36.4 Å². The lowest BCUT2D eigenvalue weighted by atomic mass is 10.0. The van der Waals surface area contributed by atoms with Crippen LogP contribution in [0.4, 0.5) is 5.69 Å². The monoisotopic (exact) mass is 374 g/mol. The van der Waals surface area contributed by atoms with Crippen LogP contribution in [-0.4, -0.2) is 29.7 Å². The number of fused-ring (bicyclic) bond motifs is 1. The molecule has 0 amide bonds. The highest BCUT2D eigenvalue weighted by Gasteiger charge is 2.23. The number of anilines is 1. The first-order chi connectivity index (χ1) is 13.6. The average Bonchev–Trinajstić information content (AvgIpc) is 3.01. The highest BCUT2D eigenvalue weighted by molar-refractivity contribution is 5.70. The van der Waals surface area contributed by atoms with E-state index in [2.05, 4.69) is 59.7 Å². The quantitative estimate of drug-likeness (QED) is 0.682. The highest BCUT2D eigenvalue weighted by atomic mass is 16.5. The van der Waals surface area contributed by atoms with Crippen LogP contribution in [0.25, 0.3) is 11.1 Å². The van der Waals surface area contributed by atoms with Crippen LogP contribution in [0, 0.1) is 0 Å². The maximum absolute atomic E-state index is 6.24. The predicted octanol–water partition coefficient (Wildman–Crippen LogP) is 4.03. The van der Waals surface area contributed by atoms with E-state index in [0.29, 0.717) is 12.6 Å². The largest absolute Gasteiger partial charge is 0.490 e. The SMILES string of the molecule is CC1c2cc(-c3cncc(OCC(N)Cc4ccccc4)c3)ccc2NN1C. The van der Waals surface area contributed by atoms with Crippen LogP contribution in [0.3, 0.4) is 0 Å². The molecular formula is C23H26N4O. The summed E-state index contributed by atoms with van der Waals surface area (Å²) in [7, 11) is 2.05. The van der Waals surface area contributed by atoms with Crippen molar-refractivity contribution in [2.24, 2.45) is 5.73 Å².